The van der Waals surface area contributed by atoms with E-state index in [0.29, 0.717) is 10.7 Å². The normalized spacial score (nSPS) is 10.3. The van der Waals surface area contributed by atoms with Crippen LogP contribution in [-0.2, 0) is 0 Å². The highest BCUT2D eigenvalue weighted by Crippen LogP contribution is 2.34. The summed E-state index contributed by atoms with van der Waals surface area (Å²) >= 11 is 7.73. The minimum absolute atomic E-state index is 0.0380. The molecule has 4 N–H and O–H groups in total. The zero-order valence-electron chi connectivity index (χ0n) is 12.4. The summed E-state index contributed by atoms with van der Waals surface area (Å²) in [4.78, 5) is 9.94. The predicted octanol–water partition coefficient (Wildman–Crippen LogP) is 3.98. The lowest BCUT2D eigenvalue weighted by Gasteiger charge is -2.08. The molecule has 0 aliphatic rings. The van der Waals surface area contributed by atoms with E-state index in [9.17, 15) is 5.26 Å². The standard InChI is InChI=1S/C17H12ClN5S/c18-13-3-1-2-4-14(13)24-11-7-5-10(6-8-11)15-12(9-19)16(20)23-17(21)22-15/h1-8H,(H4,20,21,22,23). The molecule has 7 heteroatoms. The number of nitrogen functional groups attached to an aromatic ring is 2. The Bertz CT molecular complexity index is 935. The smallest absolute Gasteiger partial charge is 0.222 e. The van der Waals surface area contributed by atoms with E-state index in [1.54, 1.807) is 11.8 Å². The van der Waals surface area contributed by atoms with Gasteiger partial charge in [0.05, 0.1) is 10.7 Å². The highest BCUT2D eigenvalue weighted by molar-refractivity contribution is 7.99. The first-order valence-electron chi connectivity index (χ1n) is 6.94. The van der Waals surface area contributed by atoms with E-state index >= 15 is 0 Å². The van der Waals surface area contributed by atoms with Crippen LogP contribution in [0, 0.1) is 11.3 Å². The van der Waals surface area contributed by atoms with E-state index in [4.69, 9.17) is 23.1 Å². The van der Waals surface area contributed by atoms with Gasteiger partial charge in [0.1, 0.15) is 17.5 Å². The van der Waals surface area contributed by atoms with Crippen LogP contribution in [0.2, 0.25) is 5.02 Å². The predicted molar refractivity (Wildman–Crippen MR) is 96.6 cm³/mol. The molecule has 0 bridgehead atoms. The molecule has 0 saturated heterocycles. The van der Waals surface area contributed by atoms with Crippen LogP contribution in [0.4, 0.5) is 11.8 Å². The average Bonchev–Trinajstić information content (AvgIpc) is 2.57. The third-order valence-electron chi connectivity index (χ3n) is 3.26. The zero-order chi connectivity index (χ0) is 17.1. The number of benzene rings is 2. The van der Waals surface area contributed by atoms with Gasteiger partial charge in [-0.2, -0.15) is 10.2 Å². The maximum atomic E-state index is 9.26. The monoisotopic (exact) mass is 353 g/mol. The van der Waals surface area contributed by atoms with Gasteiger partial charge in [0.25, 0.3) is 0 Å². The van der Waals surface area contributed by atoms with Crippen LogP contribution in [0.1, 0.15) is 5.56 Å². The van der Waals surface area contributed by atoms with Gasteiger partial charge in [0.2, 0.25) is 5.95 Å². The molecule has 0 unspecified atom stereocenters. The van der Waals surface area contributed by atoms with Crippen LogP contribution in [0.15, 0.2) is 58.3 Å². The van der Waals surface area contributed by atoms with Crippen LogP contribution in [0.25, 0.3) is 11.3 Å². The Morgan fingerprint density at radius 3 is 2.38 bits per heavy atom. The number of hydrogen-bond donors (Lipinski definition) is 2. The minimum atomic E-state index is 0.0380. The van der Waals surface area contributed by atoms with Crippen molar-refractivity contribution in [1.82, 2.24) is 9.97 Å². The summed E-state index contributed by atoms with van der Waals surface area (Å²) in [6, 6.07) is 17.2. The van der Waals surface area contributed by atoms with Crippen LogP contribution in [0.3, 0.4) is 0 Å². The fourth-order valence-corrected chi connectivity index (χ4v) is 3.24. The molecule has 0 saturated carbocycles. The number of halogens is 1. The topological polar surface area (TPSA) is 102 Å². The molecular formula is C17H12ClN5S. The Kier molecular flexibility index (Phi) is 4.56. The van der Waals surface area contributed by atoms with Crippen molar-refractivity contribution in [3.63, 3.8) is 0 Å². The lowest BCUT2D eigenvalue weighted by atomic mass is 10.1. The maximum Gasteiger partial charge on any atom is 0.222 e. The van der Waals surface area contributed by atoms with Gasteiger partial charge in [0.15, 0.2) is 0 Å². The molecule has 0 atom stereocenters. The molecule has 0 radical (unpaired) electrons. The summed E-state index contributed by atoms with van der Waals surface area (Å²) in [7, 11) is 0. The molecule has 5 nitrogen and oxygen atoms in total. The Morgan fingerprint density at radius 1 is 1.00 bits per heavy atom. The first-order chi connectivity index (χ1) is 11.6. The number of anilines is 2. The molecule has 3 aromatic rings. The van der Waals surface area contributed by atoms with Crippen LogP contribution < -0.4 is 11.5 Å². The number of nitriles is 1. The quantitative estimate of drug-likeness (QED) is 0.738. The Labute approximate surface area is 148 Å². The highest BCUT2D eigenvalue weighted by atomic mass is 35.5. The number of aromatic nitrogens is 2. The van der Waals surface area contributed by atoms with Gasteiger partial charge in [-0.25, -0.2) is 4.98 Å². The van der Waals surface area contributed by atoms with Gasteiger partial charge in [-0.3, -0.25) is 0 Å². The molecule has 1 heterocycles. The van der Waals surface area contributed by atoms with Crippen molar-refractivity contribution in [1.29, 1.82) is 5.26 Å². The lowest BCUT2D eigenvalue weighted by molar-refractivity contribution is 1.18. The van der Waals surface area contributed by atoms with Crippen LogP contribution in [-0.4, -0.2) is 9.97 Å². The van der Waals surface area contributed by atoms with Gasteiger partial charge in [0, 0.05) is 15.4 Å². The van der Waals surface area contributed by atoms with E-state index < -0.39 is 0 Å². The lowest BCUT2D eigenvalue weighted by Crippen LogP contribution is -2.04. The summed E-state index contributed by atoms with van der Waals surface area (Å²) in [5, 5.41) is 9.97. The van der Waals surface area contributed by atoms with E-state index in [-0.39, 0.29) is 17.3 Å². The molecule has 1 aromatic heterocycles. The van der Waals surface area contributed by atoms with Crippen LogP contribution in [0.5, 0.6) is 0 Å². The molecule has 3 rings (SSSR count). The van der Waals surface area contributed by atoms with Gasteiger partial charge >= 0.3 is 0 Å². The van der Waals surface area contributed by atoms with Crippen molar-refractivity contribution < 1.29 is 0 Å². The summed E-state index contributed by atoms with van der Waals surface area (Å²) < 4.78 is 0. The van der Waals surface area contributed by atoms with E-state index in [1.165, 1.54) is 0 Å². The first-order valence-corrected chi connectivity index (χ1v) is 8.14. The molecule has 0 amide bonds. The average molecular weight is 354 g/mol. The van der Waals surface area contributed by atoms with Crippen molar-refractivity contribution in [3.8, 4) is 17.3 Å². The zero-order valence-corrected chi connectivity index (χ0v) is 14.0. The SMILES string of the molecule is N#Cc1c(N)nc(N)nc1-c1ccc(Sc2ccccc2Cl)cc1. The molecular weight excluding hydrogens is 342 g/mol. The largest absolute Gasteiger partial charge is 0.382 e. The maximum absolute atomic E-state index is 9.26. The van der Waals surface area contributed by atoms with E-state index in [2.05, 4.69) is 9.97 Å². The van der Waals surface area contributed by atoms with Crippen molar-refractivity contribution in [2.75, 3.05) is 11.5 Å². The van der Waals surface area contributed by atoms with E-state index in [0.717, 1.165) is 15.4 Å². The highest BCUT2D eigenvalue weighted by Gasteiger charge is 2.13. The van der Waals surface area contributed by atoms with Gasteiger partial charge in [-0.15, -0.1) is 0 Å². The van der Waals surface area contributed by atoms with Gasteiger partial charge in [-0.1, -0.05) is 47.6 Å². The summed E-state index contributed by atoms with van der Waals surface area (Å²) in [6.07, 6.45) is 0. The van der Waals surface area contributed by atoms with Crippen molar-refractivity contribution in [3.05, 3.63) is 59.1 Å². The number of rotatable bonds is 3. The first kappa shape index (κ1) is 16.1. The number of hydrogen-bond acceptors (Lipinski definition) is 6. The molecule has 118 valence electrons. The van der Waals surface area contributed by atoms with Crippen molar-refractivity contribution in [2.45, 2.75) is 9.79 Å². The third-order valence-corrected chi connectivity index (χ3v) is 4.78. The Hall–Kier alpha value is -2.75. The molecule has 2 aromatic carbocycles. The number of nitrogens with two attached hydrogens (primary N) is 2. The number of nitrogens with zero attached hydrogens (tertiary/aromatic N) is 3. The minimum Gasteiger partial charge on any atom is -0.382 e. The molecule has 0 spiro atoms. The molecule has 0 aliphatic carbocycles. The molecule has 0 aliphatic heterocycles. The summed E-state index contributed by atoms with van der Waals surface area (Å²) in [5.41, 5.74) is 12.8. The van der Waals surface area contributed by atoms with E-state index in [1.807, 2.05) is 54.6 Å². The van der Waals surface area contributed by atoms with Gasteiger partial charge in [-0.05, 0) is 24.3 Å². The van der Waals surface area contributed by atoms with Crippen LogP contribution >= 0.6 is 23.4 Å². The third kappa shape index (κ3) is 3.27. The summed E-state index contributed by atoms with van der Waals surface area (Å²) in [6.45, 7) is 0. The Morgan fingerprint density at radius 2 is 1.71 bits per heavy atom. The fraction of sp³-hybridized carbons (Fsp3) is 0. The second-order valence-electron chi connectivity index (χ2n) is 4.86. The van der Waals surface area contributed by atoms with Crippen molar-refractivity contribution in [2.24, 2.45) is 0 Å². The molecule has 24 heavy (non-hydrogen) atoms. The van der Waals surface area contributed by atoms with Gasteiger partial charge < -0.3 is 11.5 Å². The van der Waals surface area contributed by atoms with Crippen molar-refractivity contribution >= 4 is 35.1 Å². The second-order valence-corrected chi connectivity index (χ2v) is 6.38. The Balaban J connectivity index is 1.94. The summed E-state index contributed by atoms with van der Waals surface area (Å²) in [5.74, 6) is 0.116. The molecule has 0 fully saturated rings. The second kappa shape index (κ2) is 6.79. The fourth-order valence-electron chi connectivity index (χ4n) is 2.15.